The second-order valence-corrected chi connectivity index (χ2v) is 2.42. The van der Waals surface area contributed by atoms with Crippen LogP contribution in [0.25, 0.3) is 0 Å². The smallest absolute Gasteiger partial charge is 0.268 e. The molecule has 0 aromatic heterocycles. The van der Waals surface area contributed by atoms with Crippen molar-refractivity contribution in [1.29, 1.82) is 0 Å². The topological polar surface area (TPSA) is 64.3 Å². The molecule has 0 fully saturated rings. The van der Waals surface area contributed by atoms with Crippen molar-refractivity contribution < 1.29 is 18.3 Å². The number of halogens is 2. The molecule has 0 saturated carbocycles. The Bertz CT molecular complexity index is 369. The van der Waals surface area contributed by atoms with Gasteiger partial charge in [-0.05, 0) is 12.1 Å². The maximum atomic E-state index is 13.3. The Morgan fingerprint density at radius 2 is 2.14 bits per heavy atom. The van der Waals surface area contributed by atoms with Gasteiger partial charge in [0.1, 0.15) is 0 Å². The van der Waals surface area contributed by atoms with Crippen molar-refractivity contribution in [2.45, 2.75) is 0 Å². The summed E-state index contributed by atoms with van der Waals surface area (Å²) in [6, 6.07) is 1.90. The number of nitrogens with two attached hydrogens (primary N) is 1. The summed E-state index contributed by atoms with van der Waals surface area (Å²) in [5.41, 5.74) is 1.37. The molecule has 76 valence electrons. The molecule has 1 rings (SSSR count). The third kappa shape index (κ3) is 1.64. The Balaban J connectivity index is 3.28. The van der Waals surface area contributed by atoms with Crippen LogP contribution in [0.4, 0.5) is 8.78 Å². The summed E-state index contributed by atoms with van der Waals surface area (Å²) < 4.78 is 30.6. The first-order valence-electron chi connectivity index (χ1n) is 3.64. The van der Waals surface area contributed by atoms with E-state index in [9.17, 15) is 13.6 Å². The van der Waals surface area contributed by atoms with Gasteiger partial charge in [-0.15, -0.1) is 0 Å². The highest BCUT2D eigenvalue weighted by Gasteiger charge is 2.18. The maximum Gasteiger partial charge on any atom is 0.268 e. The Morgan fingerprint density at radius 1 is 1.50 bits per heavy atom. The van der Waals surface area contributed by atoms with Crippen molar-refractivity contribution in [2.75, 3.05) is 7.11 Å². The van der Waals surface area contributed by atoms with Gasteiger partial charge in [-0.25, -0.2) is 14.6 Å². The lowest BCUT2D eigenvalue weighted by molar-refractivity contribution is 0.0948. The van der Waals surface area contributed by atoms with E-state index in [0.29, 0.717) is 0 Å². The van der Waals surface area contributed by atoms with Crippen molar-refractivity contribution in [3.63, 3.8) is 0 Å². The fourth-order valence-electron chi connectivity index (χ4n) is 0.973. The fraction of sp³-hybridized carbons (Fsp3) is 0.125. The zero-order valence-corrected chi connectivity index (χ0v) is 7.30. The fourth-order valence-corrected chi connectivity index (χ4v) is 0.973. The molecule has 6 heteroatoms. The van der Waals surface area contributed by atoms with E-state index in [1.807, 2.05) is 0 Å². The number of hydrogen-bond donors (Lipinski definition) is 2. The van der Waals surface area contributed by atoms with E-state index < -0.39 is 23.3 Å². The van der Waals surface area contributed by atoms with Crippen molar-refractivity contribution in [1.82, 2.24) is 5.43 Å². The largest absolute Gasteiger partial charge is 0.491 e. The summed E-state index contributed by atoms with van der Waals surface area (Å²) >= 11 is 0. The number of hydrazine groups is 1. The van der Waals surface area contributed by atoms with E-state index in [-0.39, 0.29) is 5.56 Å². The summed E-state index contributed by atoms with van der Waals surface area (Å²) in [6.07, 6.45) is 0. The summed E-state index contributed by atoms with van der Waals surface area (Å²) in [5, 5.41) is 0. The Hall–Kier alpha value is -1.69. The van der Waals surface area contributed by atoms with Gasteiger partial charge in [0.25, 0.3) is 5.91 Å². The molecule has 0 unspecified atom stereocenters. The van der Waals surface area contributed by atoms with Gasteiger partial charge in [-0.3, -0.25) is 10.2 Å². The number of ether oxygens (including phenoxy) is 1. The number of nitrogens with one attached hydrogen (secondary N) is 1. The van der Waals surface area contributed by atoms with E-state index >= 15 is 0 Å². The number of nitrogen functional groups attached to an aromatic ring is 1. The van der Waals surface area contributed by atoms with Crippen molar-refractivity contribution in [3.05, 3.63) is 29.3 Å². The van der Waals surface area contributed by atoms with Crippen molar-refractivity contribution in [3.8, 4) is 5.75 Å². The lowest BCUT2D eigenvalue weighted by atomic mass is 10.2. The molecule has 0 spiro atoms. The van der Waals surface area contributed by atoms with Crippen LogP contribution in [0.3, 0.4) is 0 Å². The summed E-state index contributed by atoms with van der Waals surface area (Å²) in [7, 11) is 1.10. The number of methoxy groups -OCH3 is 1. The highest BCUT2D eigenvalue weighted by Crippen LogP contribution is 2.23. The van der Waals surface area contributed by atoms with Crippen LogP contribution in [0.15, 0.2) is 12.1 Å². The van der Waals surface area contributed by atoms with Crippen molar-refractivity contribution >= 4 is 5.91 Å². The number of carbonyl (C=O) groups is 1. The number of amides is 1. The molecule has 0 bridgehead atoms. The molecule has 1 amide bonds. The first-order valence-corrected chi connectivity index (χ1v) is 3.64. The van der Waals surface area contributed by atoms with E-state index in [4.69, 9.17) is 5.84 Å². The number of hydrogen-bond acceptors (Lipinski definition) is 3. The molecule has 1 aromatic carbocycles. The van der Waals surface area contributed by atoms with Crippen LogP contribution >= 0.6 is 0 Å². The molecule has 0 aliphatic heterocycles. The molecule has 0 aliphatic carbocycles. The van der Waals surface area contributed by atoms with Gasteiger partial charge in [0.05, 0.1) is 12.7 Å². The van der Waals surface area contributed by atoms with Crippen molar-refractivity contribution in [2.24, 2.45) is 5.84 Å². The van der Waals surface area contributed by atoms with Crippen LogP contribution in [0.5, 0.6) is 5.75 Å². The molecule has 14 heavy (non-hydrogen) atoms. The van der Waals surface area contributed by atoms with Crippen LogP contribution in [-0.4, -0.2) is 13.0 Å². The molecule has 1 aromatic rings. The predicted molar refractivity (Wildman–Crippen MR) is 44.6 cm³/mol. The Kier molecular flexibility index (Phi) is 2.98. The van der Waals surface area contributed by atoms with Gasteiger partial charge in [-0.1, -0.05) is 0 Å². The zero-order chi connectivity index (χ0) is 10.7. The van der Waals surface area contributed by atoms with Crippen LogP contribution in [-0.2, 0) is 0 Å². The van der Waals surface area contributed by atoms with Gasteiger partial charge >= 0.3 is 0 Å². The van der Waals surface area contributed by atoms with E-state index in [1.54, 1.807) is 5.43 Å². The normalized spacial score (nSPS) is 9.71. The highest BCUT2D eigenvalue weighted by atomic mass is 19.1. The molecule has 3 N–H and O–H groups in total. The third-order valence-corrected chi connectivity index (χ3v) is 1.63. The minimum Gasteiger partial charge on any atom is -0.491 e. The van der Waals surface area contributed by atoms with Gasteiger partial charge in [0, 0.05) is 0 Å². The molecular formula is C8H8F2N2O2. The average molecular weight is 202 g/mol. The summed E-state index contributed by atoms with van der Waals surface area (Å²) in [5.74, 6) is 1.40. The minimum absolute atomic E-state index is 0.370. The van der Waals surface area contributed by atoms with E-state index in [1.165, 1.54) is 0 Å². The summed E-state index contributed by atoms with van der Waals surface area (Å²) in [6.45, 7) is 0. The highest BCUT2D eigenvalue weighted by molar-refractivity contribution is 5.94. The van der Waals surface area contributed by atoms with Crippen LogP contribution in [0.1, 0.15) is 10.4 Å². The molecule has 0 heterocycles. The van der Waals surface area contributed by atoms with Gasteiger partial charge in [0.15, 0.2) is 17.4 Å². The molecular weight excluding hydrogens is 194 g/mol. The van der Waals surface area contributed by atoms with Gasteiger partial charge in [0.2, 0.25) is 0 Å². The number of carbonyl (C=O) groups excluding carboxylic acids is 1. The Morgan fingerprint density at radius 3 is 2.64 bits per heavy atom. The quantitative estimate of drug-likeness (QED) is 0.419. The second-order valence-electron chi connectivity index (χ2n) is 2.42. The van der Waals surface area contributed by atoms with Crippen LogP contribution < -0.4 is 16.0 Å². The Labute approximate surface area is 78.6 Å². The zero-order valence-electron chi connectivity index (χ0n) is 7.30. The average Bonchev–Trinajstić information content (AvgIpc) is 2.18. The SMILES string of the molecule is COc1c(F)ccc(C(=O)NN)c1F. The second kappa shape index (κ2) is 4.01. The molecule has 0 aliphatic rings. The minimum atomic E-state index is -1.07. The predicted octanol–water partition coefficient (Wildman–Crippen LogP) is 0.577. The monoisotopic (exact) mass is 202 g/mol. The first kappa shape index (κ1) is 10.4. The maximum absolute atomic E-state index is 13.3. The standard InChI is InChI=1S/C8H8F2N2O2/c1-14-7-5(9)3-2-4(6(7)10)8(13)12-11/h2-3H,11H2,1H3,(H,12,13). The van der Waals surface area contributed by atoms with E-state index in [0.717, 1.165) is 19.2 Å². The number of benzene rings is 1. The van der Waals surface area contributed by atoms with E-state index in [2.05, 4.69) is 4.74 Å². The lowest BCUT2D eigenvalue weighted by Gasteiger charge is -2.06. The molecule has 0 saturated heterocycles. The first-order chi connectivity index (χ1) is 6.61. The summed E-state index contributed by atoms with van der Waals surface area (Å²) in [4.78, 5) is 11.0. The lowest BCUT2D eigenvalue weighted by Crippen LogP contribution is -2.30. The molecule has 0 atom stereocenters. The van der Waals surface area contributed by atoms with Gasteiger partial charge in [-0.2, -0.15) is 0 Å². The third-order valence-electron chi connectivity index (χ3n) is 1.63. The van der Waals surface area contributed by atoms with Gasteiger partial charge < -0.3 is 4.74 Å². The van der Waals surface area contributed by atoms with Crippen LogP contribution in [0, 0.1) is 11.6 Å². The van der Waals surface area contributed by atoms with Crippen LogP contribution in [0.2, 0.25) is 0 Å². The molecule has 4 nitrogen and oxygen atoms in total. The molecule has 0 radical (unpaired) electrons. The number of rotatable bonds is 2.